The number of allylic oxidation sites excluding steroid dienone is 1. The maximum atomic E-state index is 5.28. The fourth-order valence-corrected chi connectivity index (χ4v) is 8.23. The van der Waals surface area contributed by atoms with Crippen molar-refractivity contribution < 1.29 is 0 Å². The second-order valence-electron chi connectivity index (χ2n) is 15.3. The van der Waals surface area contributed by atoms with Crippen LogP contribution >= 0.6 is 0 Å². The summed E-state index contributed by atoms with van der Waals surface area (Å²) < 4.78 is 0. The monoisotopic (exact) mass is 795 g/mol. The highest BCUT2D eigenvalue weighted by Crippen LogP contribution is 2.39. The minimum absolute atomic E-state index is 0.552. The molecule has 5 heterocycles. The molecule has 0 atom stereocenters. The summed E-state index contributed by atoms with van der Waals surface area (Å²) in [7, 11) is 0. The van der Waals surface area contributed by atoms with Crippen molar-refractivity contribution in [2.24, 2.45) is 4.99 Å². The van der Waals surface area contributed by atoms with Crippen molar-refractivity contribution in [3.63, 3.8) is 0 Å². The van der Waals surface area contributed by atoms with Crippen LogP contribution in [-0.4, -0.2) is 36.1 Å². The number of nitrogens with zero attached hydrogens (tertiary/aromatic N) is 7. The van der Waals surface area contributed by atoms with Crippen molar-refractivity contribution >= 4 is 33.5 Å². The van der Waals surface area contributed by atoms with Gasteiger partial charge in [-0.2, -0.15) is 0 Å². The van der Waals surface area contributed by atoms with Crippen LogP contribution in [0.25, 0.3) is 106 Å². The molecule has 10 aromatic rings. The zero-order chi connectivity index (χ0) is 41.2. The Hall–Kier alpha value is -8.29. The van der Waals surface area contributed by atoms with Crippen molar-refractivity contribution in [2.75, 3.05) is 0 Å². The molecule has 0 saturated carbocycles. The van der Waals surface area contributed by atoms with Crippen LogP contribution in [0.4, 0.5) is 0 Å². The van der Waals surface area contributed by atoms with Crippen LogP contribution in [0.15, 0.2) is 200 Å². The lowest BCUT2D eigenvalue weighted by Crippen LogP contribution is -2.01. The maximum absolute atomic E-state index is 5.28. The van der Waals surface area contributed by atoms with Gasteiger partial charge in [-0.05, 0) is 118 Å². The number of fused-ring (bicyclic) bond motifs is 3. The summed E-state index contributed by atoms with van der Waals surface area (Å²) in [6.45, 7) is 0. The number of aliphatic imine (C=N–C) groups is 1. The SMILES string of the molecule is C1=NC(c2ccc(-c3cc(-c4nc(-c5cccc(-c6ccccn6)c5)nc(-c5cccc(-c6ccccn6)c5)n4)cc(-c4cc5ccccc5c5ccccc45)c3)cn2)=CCC1. The molecule has 0 spiro atoms. The van der Waals surface area contributed by atoms with Crippen LogP contribution in [0.5, 0.6) is 0 Å². The minimum atomic E-state index is 0.552. The highest BCUT2D eigenvalue weighted by Gasteiger charge is 2.18. The maximum Gasteiger partial charge on any atom is 0.164 e. The Morgan fingerprint density at radius 1 is 0.355 bits per heavy atom. The van der Waals surface area contributed by atoms with Crippen molar-refractivity contribution in [2.45, 2.75) is 12.8 Å². The molecule has 0 radical (unpaired) electrons. The number of hydrogen-bond donors (Lipinski definition) is 0. The standard InChI is InChI=1S/C55H37N7/c1-2-18-45-36(13-1)34-48(47-20-4-3-19-46(45)47)43-31-42(41-24-25-52(59-35-41)51-23-7-10-28-58-51)32-44(33-43)55-61-53(39-16-11-14-37(29-39)49-21-5-8-26-56-49)60-54(62-55)40-17-12-15-38(30-40)50-22-6-9-27-57-50/h1-6,8-9,11-35H,7,10H2. The van der Waals surface area contributed by atoms with E-state index in [-0.39, 0.29) is 0 Å². The first-order valence-corrected chi connectivity index (χ1v) is 20.8. The molecule has 7 nitrogen and oxygen atoms in total. The molecular formula is C55H37N7. The number of aromatic nitrogens is 6. The summed E-state index contributed by atoms with van der Waals surface area (Å²) in [6.07, 6.45) is 11.6. The lowest BCUT2D eigenvalue weighted by Gasteiger charge is -2.15. The Kier molecular flexibility index (Phi) is 9.52. The Morgan fingerprint density at radius 2 is 0.935 bits per heavy atom. The average Bonchev–Trinajstić information content (AvgIpc) is 3.37. The Labute approximate surface area is 359 Å². The summed E-state index contributed by atoms with van der Waals surface area (Å²) in [5.41, 5.74) is 12.2. The zero-order valence-corrected chi connectivity index (χ0v) is 33.6. The van der Waals surface area contributed by atoms with Gasteiger partial charge < -0.3 is 0 Å². The van der Waals surface area contributed by atoms with E-state index in [9.17, 15) is 0 Å². The van der Waals surface area contributed by atoms with Gasteiger partial charge in [-0.1, -0.05) is 109 Å². The molecule has 0 saturated heterocycles. The molecule has 4 aromatic heterocycles. The Morgan fingerprint density at radius 3 is 1.56 bits per heavy atom. The molecule has 292 valence electrons. The topological polar surface area (TPSA) is 89.7 Å². The van der Waals surface area contributed by atoms with Gasteiger partial charge in [0.05, 0.1) is 22.8 Å². The average molecular weight is 796 g/mol. The molecule has 1 aliphatic rings. The smallest absolute Gasteiger partial charge is 0.164 e. The molecule has 6 aromatic carbocycles. The molecule has 0 amide bonds. The molecule has 11 rings (SSSR count). The van der Waals surface area contributed by atoms with Crippen molar-refractivity contribution in [3.8, 4) is 78.9 Å². The van der Waals surface area contributed by atoms with Crippen LogP contribution in [0, 0.1) is 0 Å². The minimum Gasteiger partial charge on any atom is -0.259 e. The number of rotatable bonds is 8. The van der Waals surface area contributed by atoms with Gasteiger partial charge in [0.25, 0.3) is 0 Å². The quantitative estimate of drug-likeness (QED) is 0.142. The molecule has 0 N–H and O–H groups in total. The molecule has 0 bridgehead atoms. The summed E-state index contributed by atoms with van der Waals surface area (Å²) in [4.78, 5) is 34.5. The third-order valence-corrected chi connectivity index (χ3v) is 11.3. The molecule has 1 aliphatic heterocycles. The number of hydrogen-bond acceptors (Lipinski definition) is 7. The highest BCUT2D eigenvalue weighted by atomic mass is 15.0. The molecule has 62 heavy (non-hydrogen) atoms. The predicted octanol–water partition coefficient (Wildman–Crippen LogP) is 13.2. The van der Waals surface area contributed by atoms with E-state index in [4.69, 9.17) is 19.9 Å². The van der Waals surface area contributed by atoms with E-state index >= 15 is 0 Å². The second-order valence-corrected chi connectivity index (χ2v) is 15.3. The Balaban J connectivity index is 1.13. The number of pyridine rings is 3. The van der Waals surface area contributed by atoms with E-state index in [0.29, 0.717) is 17.5 Å². The van der Waals surface area contributed by atoms with E-state index in [1.807, 2.05) is 85.5 Å². The normalized spacial score (nSPS) is 12.4. The van der Waals surface area contributed by atoms with E-state index in [1.165, 1.54) is 21.5 Å². The van der Waals surface area contributed by atoms with Gasteiger partial charge in [0.1, 0.15) is 0 Å². The van der Waals surface area contributed by atoms with Gasteiger partial charge in [-0.15, -0.1) is 0 Å². The van der Waals surface area contributed by atoms with Crippen LogP contribution in [0.1, 0.15) is 18.5 Å². The van der Waals surface area contributed by atoms with E-state index in [1.54, 1.807) is 0 Å². The first-order chi connectivity index (χ1) is 30.7. The Bertz CT molecular complexity index is 3240. The molecule has 0 fully saturated rings. The van der Waals surface area contributed by atoms with E-state index < -0.39 is 0 Å². The van der Waals surface area contributed by atoms with E-state index in [0.717, 1.165) is 85.7 Å². The van der Waals surface area contributed by atoms with Crippen LogP contribution in [0.2, 0.25) is 0 Å². The van der Waals surface area contributed by atoms with Crippen molar-refractivity contribution in [1.82, 2.24) is 29.9 Å². The third-order valence-electron chi connectivity index (χ3n) is 11.3. The van der Waals surface area contributed by atoms with Gasteiger partial charge in [-0.25, -0.2) is 15.0 Å². The highest BCUT2D eigenvalue weighted by molar-refractivity contribution is 6.14. The van der Waals surface area contributed by atoms with Gasteiger partial charge in [-0.3, -0.25) is 19.9 Å². The largest absolute Gasteiger partial charge is 0.259 e. The zero-order valence-electron chi connectivity index (χ0n) is 33.6. The lowest BCUT2D eigenvalue weighted by molar-refractivity contribution is 1.07. The fraction of sp³-hybridized carbons (Fsp3) is 0.0364. The fourth-order valence-electron chi connectivity index (χ4n) is 8.23. The molecule has 0 aliphatic carbocycles. The second kappa shape index (κ2) is 16.0. The van der Waals surface area contributed by atoms with Gasteiger partial charge in [0, 0.05) is 58.2 Å². The van der Waals surface area contributed by atoms with Crippen LogP contribution in [-0.2, 0) is 0 Å². The van der Waals surface area contributed by atoms with Gasteiger partial charge in [0.15, 0.2) is 17.5 Å². The molecular weight excluding hydrogens is 759 g/mol. The van der Waals surface area contributed by atoms with Crippen LogP contribution < -0.4 is 0 Å². The van der Waals surface area contributed by atoms with Gasteiger partial charge >= 0.3 is 0 Å². The summed E-state index contributed by atoms with van der Waals surface area (Å²) in [5.74, 6) is 1.67. The molecule has 0 unspecified atom stereocenters. The van der Waals surface area contributed by atoms with Crippen molar-refractivity contribution in [1.29, 1.82) is 0 Å². The van der Waals surface area contributed by atoms with Crippen molar-refractivity contribution in [3.05, 3.63) is 200 Å². The van der Waals surface area contributed by atoms with Gasteiger partial charge in [0.2, 0.25) is 0 Å². The first kappa shape index (κ1) is 36.8. The predicted molar refractivity (Wildman–Crippen MR) is 252 cm³/mol. The summed E-state index contributed by atoms with van der Waals surface area (Å²) in [5, 5.41) is 4.76. The van der Waals surface area contributed by atoms with Crippen LogP contribution in [0.3, 0.4) is 0 Å². The summed E-state index contributed by atoms with van der Waals surface area (Å²) in [6, 6.07) is 58.7. The first-order valence-electron chi connectivity index (χ1n) is 20.8. The third kappa shape index (κ3) is 7.22. The number of benzene rings is 6. The van der Waals surface area contributed by atoms with E-state index in [2.05, 4.69) is 130 Å². The lowest BCUT2D eigenvalue weighted by atomic mass is 9.90. The molecule has 7 heteroatoms. The summed E-state index contributed by atoms with van der Waals surface area (Å²) >= 11 is 0.